The van der Waals surface area contributed by atoms with Gasteiger partial charge in [-0.2, -0.15) is 5.10 Å². The molecule has 0 aliphatic carbocycles. The molecule has 1 atom stereocenters. The summed E-state index contributed by atoms with van der Waals surface area (Å²) in [5.41, 5.74) is 3.50. The Kier molecular flexibility index (Phi) is 4.22. The van der Waals surface area contributed by atoms with Gasteiger partial charge in [0.15, 0.2) is 0 Å². The van der Waals surface area contributed by atoms with Crippen molar-refractivity contribution < 1.29 is 4.74 Å². The number of hydrogen-bond donors (Lipinski definition) is 1. The van der Waals surface area contributed by atoms with Crippen LogP contribution in [0.2, 0.25) is 0 Å². The Morgan fingerprint density at radius 2 is 2.21 bits per heavy atom. The van der Waals surface area contributed by atoms with E-state index < -0.39 is 0 Å². The highest BCUT2D eigenvalue weighted by atomic mass is 16.5. The van der Waals surface area contributed by atoms with Crippen LogP contribution in [0.5, 0.6) is 5.75 Å². The molecule has 0 aliphatic heterocycles. The number of benzene rings is 1. The van der Waals surface area contributed by atoms with E-state index in [0.29, 0.717) is 6.61 Å². The summed E-state index contributed by atoms with van der Waals surface area (Å²) < 4.78 is 7.70. The zero-order chi connectivity index (χ0) is 13.8. The monoisotopic (exact) mass is 259 g/mol. The summed E-state index contributed by atoms with van der Waals surface area (Å²) in [6.07, 6.45) is 3.80. The maximum Gasteiger partial charge on any atom is 0.124 e. The molecule has 1 aromatic heterocycles. The van der Waals surface area contributed by atoms with Gasteiger partial charge < -0.3 is 10.1 Å². The van der Waals surface area contributed by atoms with E-state index in [2.05, 4.69) is 36.4 Å². The average Bonchev–Trinajstić information content (AvgIpc) is 2.82. The molecule has 0 radical (unpaired) electrons. The number of ether oxygens (including phenoxy) is 1. The topological polar surface area (TPSA) is 39.1 Å². The van der Waals surface area contributed by atoms with Crippen molar-refractivity contribution in [2.75, 3.05) is 7.05 Å². The number of rotatable bonds is 5. The van der Waals surface area contributed by atoms with Crippen LogP contribution in [-0.2, 0) is 13.7 Å². The molecule has 1 aromatic carbocycles. The second-order valence-corrected chi connectivity index (χ2v) is 4.86. The zero-order valence-corrected chi connectivity index (χ0v) is 12.0. The van der Waals surface area contributed by atoms with Crippen LogP contribution in [0, 0.1) is 6.92 Å². The van der Waals surface area contributed by atoms with Crippen LogP contribution in [0.25, 0.3) is 0 Å². The van der Waals surface area contributed by atoms with E-state index in [1.807, 2.05) is 32.6 Å². The Bertz CT molecular complexity index is 548. The summed E-state index contributed by atoms with van der Waals surface area (Å²) in [6, 6.07) is 6.54. The average molecular weight is 259 g/mol. The summed E-state index contributed by atoms with van der Waals surface area (Å²) in [5.74, 6) is 0.927. The summed E-state index contributed by atoms with van der Waals surface area (Å²) >= 11 is 0. The van der Waals surface area contributed by atoms with Gasteiger partial charge in [-0.3, -0.25) is 4.68 Å². The second kappa shape index (κ2) is 5.89. The minimum absolute atomic E-state index is 0.267. The molecule has 2 aromatic rings. The molecule has 1 N–H and O–H groups in total. The molecule has 0 bridgehead atoms. The van der Waals surface area contributed by atoms with Gasteiger partial charge in [-0.05, 0) is 27.0 Å². The van der Waals surface area contributed by atoms with E-state index in [9.17, 15) is 0 Å². The van der Waals surface area contributed by atoms with Crippen LogP contribution in [0.3, 0.4) is 0 Å². The molecular weight excluding hydrogens is 238 g/mol. The lowest BCUT2D eigenvalue weighted by molar-refractivity contribution is 0.300. The van der Waals surface area contributed by atoms with Gasteiger partial charge >= 0.3 is 0 Å². The highest BCUT2D eigenvalue weighted by molar-refractivity contribution is 5.39. The Labute approximate surface area is 114 Å². The largest absolute Gasteiger partial charge is 0.488 e. The molecule has 0 fully saturated rings. The molecular formula is C15H21N3O. The molecule has 0 amide bonds. The minimum atomic E-state index is 0.267. The fourth-order valence-corrected chi connectivity index (χ4v) is 2.00. The van der Waals surface area contributed by atoms with Crippen LogP contribution in [0.1, 0.15) is 29.7 Å². The molecule has 0 saturated carbocycles. The normalized spacial score (nSPS) is 12.4. The summed E-state index contributed by atoms with van der Waals surface area (Å²) in [4.78, 5) is 0. The predicted molar refractivity (Wildman–Crippen MR) is 76.2 cm³/mol. The van der Waals surface area contributed by atoms with Gasteiger partial charge in [0, 0.05) is 30.4 Å². The summed E-state index contributed by atoms with van der Waals surface area (Å²) in [5, 5.41) is 7.40. The second-order valence-electron chi connectivity index (χ2n) is 4.86. The van der Waals surface area contributed by atoms with E-state index in [1.54, 1.807) is 4.68 Å². The van der Waals surface area contributed by atoms with Gasteiger partial charge in [0.1, 0.15) is 12.4 Å². The van der Waals surface area contributed by atoms with Crippen molar-refractivity contribution in [3.63, 3.8) is 0 Å². The maximum atomic E-state index is 5.92. The molecule has 1 unspecified atom stereocenters. The maximum absolute atomic E-state index is 5.92. The number of aromatic nitrogens is 2. The van der Waals surface area contributed by atoms with Gasteiger partial charge in [0.05, 0.1) is 6.20 Å². The van der Waals surface area contributed by atoms with E-state index in [1.165, 1.54) is 11.1 Å². The first-order chi connectivity index (χ1) is 9.10. The van der Waals surface area contributed by atoms with Crippen LogP contribution in [0.15, 0.2) is 30.6 Å². The number of hydrogen-bond acceptors (Lipinski definition) is 3. The van der Waals surface area contributed by atoms with E-state index >= 15 is 0 Å². The Hall–Kier alpha value is -1.81. The standard InChI is InChI=1S/C15H21N3O/c1-11-5-6-15(14(7-11)12(2)16-3)19-10-13-8-17-18(4)9-13/h5-9,12,16H,10H2,1-4H3. The zero-order valence-electron chi connectivity index (χ0n) is 12.0. The van der Waals surface area contributed by atoms with Gasteiger partial charge in [0.25, 0.3) is 0 Å². The van der Waals surface area contributed by atoms with E-state index in [-0.39, 0.29) is 6.04 Å². The Morgan fingerprint density at radius 3 is 2.84 bits per heavy atom. The molecule has 4 heteroatoms. The first-order valence-corrected chi connectivity index (χ1v) is 6.48. The number of nitrogens with one attached hydrogen (secondary N) is 1. The molecule has 102 valence electrons. The Balaban J connectivity index is 2.15. The first kappa shape index (κ1) is 13.6. The lowest BCUT2D eigenvalue weighted by atomic mass is 10.0. The van der Waals surface area contributed by atoms with Crippen LogP contribution >= 0.6 is 0 Å². The van der Waals surface area contributed by atoms with Crippen LogP contribution < -0.4 is 10.1 Å². The molecule has 0 saturated heterocycles. The molecule has 2 rings (SSSR count). The van der Waals surface area contributed by atoms with Crippen molar-refractivity contribution in [3.05, 3.63) is 47.3 Å². The van der Waals surface area contributed by atoms with Gasteiger partial charge in [0.2, 0.25) is 0 Å². The third kappa shape index (κ3) is 3.35. The van der Waals surface area contributed by atoms with Gasteiger partial charge in [-0.25, -0.2) is 0 Å². The number of nitrogens with zero attached hydrogens (tertiary/aromatic N) is 2. The summed E-state index contributed by atoms with van der Waals surface area (Å²) in [7, 11) is 3.86. The van der Waals surface area contributed by atoms with Gasteiger partial charge in [-0.15, -0.1) is 0 Å². The Morgan fingerprint density at radius 1 is 1.42 bits per heavy atom. The fraction of sp³-hybridized carbons (Fsp3) is 0.400. The predicted octanol–water partition coefficient (Wildman–Crippen LogP) is 2.59. The van der Waals surface area contributed by atoms with Gasteiger partial charge in [-0.1, -0.05) is 17.7 Å². The highest BCUT2D eigenvalue weighted by Crippen LogP contribution is 2.26. The first-order valence-electron chi connectivity index (χ1n) is 6.48. The lowest BCUT2D eigenvalue weighted by Crippen LogP contribution is -2.14. The van der Waals surface area contributed by atoms with E-state index in [0.717, 1.165) is 11.3 Å². The SMILES string of the molecule is CNC(C)c1cc(C)ccc1OCc1cnn(C)c1. The van der Waals surface area contributed by atoms with E-state index in [4.69, 9.17) is 4.74 Å². The quantitative estimate of drug-likeness (QED) is 0.897. The molecule has 0 spiro atoms. The van der Waals surface area contributed by atoms with Crippen LogP contribution in [0.4, 0.5) is 0 Å². The molecule has 19 heavy (non-hydrogen) atoms. The van der Waals surface area contributed by atoms with Crippen molar-refractivity contribution in [2.45, 2.75) is 26.5 Å². The smallest absolute Gasteiger partial charge is 0.124 e. The van der Waals surface area contributed by atoms with Crippen molar-refractivity contribution in [3.8, 4) is 5.75 Å². The lowest BCUT2D eigenvalue weighted by Gasteiger charge is -2.17. The molecule has 1 heterocycles. The third-order valence-electron chi connectivity index (χ3n) is 3.22. The van der Waals surface area contributed by atoms with Crippen molar-refractivity contribution >= 4 is 0 Å². The minimum Gasteiger partial charge on any atom is -0.488 e. The third-order valence-corrected chi connectivity index (χ3v) is 3.22. The van der Waals surface area contributed by atoms with Crippen molar-refractivity contribution in [2.24, 2.45) is 7.05 Å². The van der Waals surface area contributed by atoms with Crippen molar-refractivity contribution in [1.29, 1.82) is 0 Å². The molecule has 0 aliphatic rings. The highest BCUT2D eigenvalue weighted by Gasteiger charge is 2.10. The van der Waals surface area contributed by atoms with Crippen LogP contribution in [-0.4, -0.2) is 16.8 Å². The van der Waals surface area contributed by atoms with Crippen molar-refractivity contribution in [1.82, 2.24) is 15.1 Å². The molecule has 4 nitrogen and oxygen atoms in total. The fourth-order valence-electron chi connectivity index (χ4n) is 2.00. The summed E-state index contributed by atoms with van der Waals surface area (Å²) in [6.45, 7) is 4.77. The number of aryl methyl sites for hydroxylation is 2.